The van der Waals surface area contributed by atoms with Gasteiger partial charge in [0.05, 0.1) is 11.2 Å². The van der Waals surface area contributed by atoms with Crippen molar-refractivity contribution in [3.05, 3.63) is 12.4 Å². The van der Waals surface area contributed by atoms with E-state index in [1.807, 2.05) is 27.7 Å². The van der Waals surface area contributed by atoms with E-state index in [1.54, 1.807) is 19.3 Å². The Balaban J connectivity index is 1.57. The lowest BCUT2D eigenvalue weighted by molar-refractivity contribution is -0.119. The number of piperidine rings is 1. The number of carbonyl (C=O) groups is 1. The lowest BCUT2D eigenvalue weighted by Crippen LogP contribution is -2.41. The van der Waals surface area contributed by atoms with Gasteiger partial charge in [-0.1, -0.05) is 0 Å². The van der Waals surface area contributed by atoms with Gasteiger partial charge in [0.25, 0.3) is 0 Å². The van der Waals surface area contributed by atoms with Crippen LogP contribution in [0.1, 0.15) is 47.5 Å². The lowest BCUT2D eigenvalue weighted by atomic mass is 9.81. The molecule has 3 rings (SSSR count). The van der Waals surface area contributed by atoms with E-state index in [2.05, 4.69) is 20.2 Å². The van der Waals surface area contributed by atoms with Gasteiger partial charge in [0, 0.05) is 44.4 Å². The maximum Gasteiger partial charge on any atom is 0.498 e. The second-order valence-electron chi connectivity index (χ2n) is 8.27. The highest BCUT2D eigenvalue weighted by Gasteiger charge is 2.52. The highest BCUT2D eigenvalue weighted by molar-refractivity contribution is 6.61. The molecule has 2 aliphatic rings. The molecule has 1 aromatic heterocycles. The summed E-state index contributed by atoms with van der Waals surface area (Å²) in [7, 11) is -0.433. The number of hydrogen-bond acceptors (Lipinski definition) is 6. The number of nitrogens with zero attached hydrogens (tertiary/aromatic N) is 3. The molecule has 1 amide bonds. The highest BCUT2D eigenvalue weighted by atomic mass is 16.7. The fourth-order valence-corrected chi connectivity index (χ4v) is 3.22. The standard InChI is InChI=1S/C18H29BN4O3/c1-13(24)20-10-14-6-8-23(9-7-14)16-21-11-15(12-22-16)19-25-17(2,3)18(4,5)26-19/h11-12,14H,6-10H2,1-5H3,(H,20,24). The molecule has 1 aromatic rings. The summed E-state index contributed by atoms with van der Waals surface area (Å²) >= 11 is 0. The van der Waals surface area contributed by atoms with Crippen LogP contribution in [0.25, 0.3) is 0 Å². The smallest absolute Gasteiger partial charge is 0.399 e. The first-order valence-corrected chi connectivity index (χ1v) is 9.35. The van der Waals surface area contributed by atoms with E-state index < -0.39 is 7.12 Å². The number of carbonyl (C=O) groups excluding carboxylic acids is 1. The fraction of sp³-hybridized carbons (Fsp3) is 0.722. The predicted molar refractivity (Wildman–Crippen MR) is 101 cm³/mol. The summed E-state index contributed by atoms with van der Waals surface area (Å²) in [6.45, 7) is 12.3. The van der Waals surface area contributed by atoms with Crippen LogP contribution in [0.5, 0.6) is 0 Å². The monoisotopic (exact) mass is 360 g/mol. The number of rotatable bonds is 4. The quantitative estimate of drug-likeness (QED) is 0.812. The molecule has 26 heavy (non-hydrogen) atoms. The van der Waals surface area contributed by atoms with Crippen molar-refractivity contribution in [3.8, 4) is 0 Å². The zero-order valence-electron chi connectivity index (χ0n) is 16.4. The van der Waals surface area contributed by atoms with Gasteiger partial charge in [0.15, 0.2) is 0 Å². The Kier molecular flexibility index (Phi) is 5.26. The predicted octanol–water partition coefficient (Wildman–Crippen LogP) is 1.13. The lowest BCUT2D eigenvalue weighted by Gasteiger charge is -2.32. The summed E-state index contributed by atoms with van der Waals surface area (Å²) in [5.74, 6) is 1.30. The van der Waals surface area contributed by atoms with Crippen molar-refractivity contribution in [3.63, 3.8) is 0 Å². The number of amides is 1. The fourth-order valence-electron chi connectivity index (χ4n) is 3.22. The summed E-state index contributed by atoms with van der Waals surface area (Å²) in [6.07, 6.45) is 5.66. The van der Waals surface area contributed by atoms with Gasteiger partial charge in [-0.3, -0.25) is 4.79 Å². The van der Waals surface area contributed by atoms with Crippen LogP contribution >= 0.6 is 0 Å². The third-order valence-corrected chi connectivity index (χ3v) is 5.72. The number of anilines is 1. The van der Waals surface area contributed by atoms with Gasteiger partial charge in [-0.25, -0.2) is 9.97 Å². The van der Waals surface area contributed by atoms with Crippen LogP contribution < -0.4 is 15.7 Å². The Bertz CT molecular complexity index is 626. The van der Waals surface area contributed by atoms with Gasteiger partial charge >= 0.3 is 7.12 Å². The number of aromatic nitrogens is 2. The molecule has 1 N–H and O–H groups in total. The van der Waals surface area contributed by atoms with Gasteiger partial charge in [-0.15, -0.1) is 0 Å². The van der Waals surface area contributed by atoms with Gasteiger partial charge in [0.1, 0.15) is 0 Å². The van der Waals surface area contributed by atoms with Crippen molar-refractivity contribution in [2.45, 2.75) is 58.7 Å². The third-order valence-electron chi connectivity index (χ3n) is 5.72. The van der Waals surface area contributed by atoms with Crippen LogP contribution in [-0.2, 0) is 14.1 Å². The maximum absolute atomic E-state index is 11.0. The zero-order chi connectivity index (χ0) is 18.9. The first-order chi connectivity index (χ1) is 12.2. The van der Waals surface area contributed by atoms with Gasteiger partial charge < -0.3 is 19.5 Å². The summed E-state index contributed by atoms with van der Waals surface area (Å²) in [5.41, 5.74) is 0.103. The number of nitrogens with one attached hydrogen (secondary N) is 1. The zero-order valence-corrected chi connectivity index (χ0v) is 16.4. The molecule has 142 valence electrons. The van der Waals surface area contributed by atoms with E-state index in [9.17, 15) is 4.79 Å². The third kappa shape index (κ3) is 4.01. The first kappa shape index (κ1) is 19.1. The van der Waals surface area contributed by atoms with E-state index in [4.69, 9.17) is 9.31 Å². The van der Waals surface area contributed by atoms with E-state index in [0.717, 1.165) is 43.9 Å². The minimum Gasteiger partial charge on any atom is -0.399 e. The Morgan fingerprint density at radius 2 is 1.73 bits per heavy atom. The molecule has 0 radical (unpaired) electrons. The second kappa shape index (κ2) is 7.16. The van der Waals surface area contributed by atoms with Crippen molar-refractivity contribution in [1.29, 1.82) is 0 Å². The van der Waals surface area contributed by atoms with Crippen LogP contribution in [-0.4, -0.2) is 53.8 Å². The summed E-state index contributed by atoms with van der Waals surface area (Å²) in [5, 5.41) is 2.91. The van der Waals surface area contributed by atoms with E-state index in [-0.39, 0.29) is 17.1 Å². The van der Waals surface area contributed by atoms with Crippen molar-refractivity contribution < 1.29 is 14.1 Å². The van der Waals surface area contributed by atoms with E-state index >= 15 is 0 Å². The molecule has 7 nitrogen and oxygen atoms in total. The average molecular weight is 360 g/mol. The Labute approximate surface area is 156 Å². The molecule has 0 aromatic carbocycles. The van der Waals surface area contributed by atoms with Crippen LogP contribution in [0.4, 0.5) is 5.95 Å². The molecule has 0 aliphatic carbocycles. The molecular formula is C18H29BN4O3. The second-order valence-corrected chi connectivity index (χ2v) is 8.27. The molecule has 0 spiro atoms. The largest absolute Gasteiger partial charge is 0.498 e. The molecule has 0 atom stereocenters. The van der Waals surface area contributed by atoms with E-state index in [1.165, 1.54) is 0 Å². The van der Waals surface area contributed by atoms with Crippen LogP contribution in [0, 0.1) is 5.92 Å². The SMILES string of the molecule is CC(=O)NCC1CCN(c2ncc(B3OC(C)(C)C(C)(C)O3)cn2)CC1. The maximum atomic E-state index is 11.0. The molecule has 0 saturated carbocycles. The van der Waals surface area contributed by atoms with Gasteiger partial charge in [0.2, 0.25) is 11.9 Å². The topological polar surface area (TPSA) is 76.6 Å². The molecule has 0 unspecified atom stereocenters. The molecular weight excluding hydrogens is 331 g/mol. The Hall–Kier alpha value is -1.67. The minimum atomic E-state index is -0.433. The molecule has 2 aliphatic heterocycles. The van der Waals surface area contributed by atoms with Gasteiger partial charge in [-0.05, 0) is 46.5 Å². The number of hydrogen-bond donors (Lipinski definition) is 1. The van der Waals surface area contributed by atoms with Crippen LogP contribution in [0.2, 0.25) is 0 Å². The Morgan fingerprint density at radius 3 is 2.23 bits per heavy atom. The molecule has 8 heteroatoms. The van der Waals surface area contributed by atoms with E-state index in [0.29, 0.717) is 5.92 Å². The molecule has 2 saturated heterocycles. The van der Waals surface area contributed by atoms with Gasteiger partial charge in [-0.2, -0.15) is 0 Å². The molecule has 3 heterocycles. The normalized spacial score (nSPS) is 22.5. The first-order valence-electron chi connectivity index (χ1n) is 9.35. The van der Waals surface area contributed by atoms with Crippen molar-refractivity contribution in [1.82, 2.24) is 15.3 Å². The summed E-state index contributed by atoms with van der Waals surface area (Å²) < 4.78 is 12.1. The van der Waals surface area contributed by atoms with Crippen molar-refractivity contribution >= 4 is 24.4 Å². The van der Waals surface area contributed by atoms with Crippen LogP contribution in [0.15, 0.2) is 12.4 Å². The van der Waals surface area contributed by atoms with Crippen LogP contribution in [0.3, 0.4) is 0 Å². The summed E-state index contributed by atoms with van der Waals surface area (Å²) in [6, 6.07) is 0. The molecule has 0 bridgehead atoms. The van der Waals surface area contributed by atoms with Crippen molar-refractivity contribution in [2.75, 3.05) is 24.5 Å². The highest BCUT2D eigenvalue weighted by Crippen LogP contribution is 2.36. The Morgan fingerprint density at radius 1 is 1.19 bits per heavy atom. The average Bonchev–Trinajstić information content (AvgIpc) is 2.81. The summed E-state index contributed by atoms with van der Waals surface area (Å²) in [4.78, 5) is 22.3. The minimum absolute atomic E-state index is 0.0362. The van der Waals surface area contributed by atoms with Crippen molar-refractivity contribution in [2.24, 2.45) is 5.92 Å². The molecule has 2 fully saturated rings.